The van der Waals surface area contributed by atoms with E-state index < -0.39 is 10.8 Å². The molecule has 0 radical (unpaired) electrons. The monoisotopic (exact) mass is 307 g/mol. The molecule has 2 N–H and O–H groups in total. The number of hydrogen-bond donors (Lipinski definition) is 1. The molecule has 2 atom stereocenters. The van der Waals surface area contributed by atoms with Gasteiger partial charge in [0, 0.05) is 27.6 Å². The fourth-order valence-corrected chi connectivity index (χ4v) is 3.55. The highest BCUT2D eigenvalue weighted by atomic mass is 35.5. The van der Waals surface area contributed by atoms with E-state index in [1.165, 1.54) is 5.56 Å². The smallest absolute Gasteiger partial charge is 0.0501 e. The summed E-state index contributed by atoms with van der Waals surface area (Å²) in [5.41, 5.74) is 9.23. The Kier molecular flexibility index (Phi) is 5.35. The van der Waals surface area contributed by atoms with Gasteiger partial charge in [-0.3, -0.25) is 4.21 Å². The van der Waals surface area contributed by atoms with E-state index in [0.717, 1.165) is 11.1 Å². The third-order valence-electron chi connectivity index (χ3n) is 3.15. The fourth-order valence-electron chi connectivity index (χ4n) is 1.96. The van der Waals surface area contributed by atoms with E-state index in [4.69, 9.17) is 17.3 Å². The first-order valence-electron chi connectivity index (χ1n) is 6.47. The van der Waals surface area contributed by atoms with Gasteiger partial charge in [0.2, 0.25) is 0 Å². The van der Waals surface area contributed by atoms with Crippen LogP contribution in [0.4, 0.5) is 0 Å². The third-order valence-corrected chi connectivity index (χ3v) is 4.88. The molecule has 2 nitrogen and oxygen atoms in total. The van der Waals surface area contributed by atoms with Crippen LogP contribution in [0, 0.1) is 6.92 Å². The molecule has 0 aromatic heterocycles. The number of rotatable bonds is 5. The largest absolute Gasteiger partial charge is 0.323 e. The van der Waals surface area contributed by atoms with Crippen molar-refractivity contribution < 1.29 is 4.21 Å². The van der Waals surface area contributed by atoms with Gasteiger partial charge in [-0.05, 0) is 24.1 Å². The lowest BCUT2D eigenvalue weighted by molar-refractivity contribution is 0.674. The van der Waals surface area contributed by atoms with Gasteiger partial charge in [0.1, 0.15) is 0 Å². The van der Waals surface area contributed by atoms with Crippen molar-refractivity contribution in [1.29, 1.82) is 0 Å². The normalized spacial score (nSPS) is 13.9. The molecule has 0 aliphatic heterocycles. The lowest BCUT2D eigenvalue weighted by Crippen LogP contribution is -2.19. The molecule has 2 aromatic carbocycles. The Morgan fingerprint density at radius 2 is 1.80 bits per heavy atom. The van der Waals surface area contributed by atoms with Crippen LogP contribution in [0.5, 0.6) is 0 Å². The number of nitrogens with two attached hydrogens (primary N) is 1. The van der Waals surface area contributed by atoms with Gasteiger partial charge >= 0.3 is 0 Å². The summed E-state index contributed by atoms with van der Waals surface area (Å²) in [5.74, 6) is 0.882. The summed E-state index contributed by atoms with van der Waals surface area (Å²) in [6.45, 7) is 2.03. The van der Waals surface area contributed by atoms with Crippen molar-refractivity contribution in [2.75, 3.05) is 5.75 Å². The SMILES string of the molecule is Cc1ccc(C(N)CS(=O)Cc2ccccc2Cl)cc1. The maximum atomic E-state index is 12.2. The Bertz CT molecular complexity index is 598. The van der Waals surface area contributed by atoms with Crippen LogP contribution in [0.25, 0.3) is 0 Å². The molecule has 2 aromatic rings. The minimum atomic E-state index is -1.03. The van der Waals surface area contributed by atoms with Crippen LogP contribution in [0.2, 0.25) is 5.02 Å². The molecule has 0 spiro atoms. The lowest BCUT2D eigenvalue weighted by atomic mass is 10.1. The minimum absolute atomic E-state index is 0.209. The van der Waals surface area contributed by atoms with Crippen LogP contribution >= 0.6 is 11.6 Å². The van der Waals surface area contributed by atoms with Crippen LogP contribution in [0.15, 0.2) is 48.5 Å². The van der Waals surface area contributed by atoms with E-state index in [0.29, 0.717) is 16.5 Å². The molecule has 20 heavy (non-hydrogen) atoms. The number of benzene rings is 2. The van der Waals surface area contributed by atoms with Crippen molar-refractivity contribution in [3.8, 4) is 0 Å². The highest BCUT2D eigenvalue weighted by Crippen LogP contribution is 2.19. The molecule has 0 aliphatic carbocycles. The number of halogens is 1. The highest BCUT2D eigenvalue weighted by Gasteiger charge is 2.12. The second-order valence-corrected chi connectivity index (χ2v) is 6.77. The predicted octanol–water partition coefficient (Wildman–Crippen LogP) is 3.60. The van der Waals surface area contributed by atoms with Crippen LogP contribution in [-0.4, -0.2) is 9.96 Å². The summed E-state index contributed by atoms with van der Waals surface area (Å²) in [7, 11) is -1.03. The molecule has 0 saturated carbocycles. The third kappa shape index (κ3) is 4.17. The van der Waals surface area contributed by atoms with Gasteiger partial charge in [-0.2, -0.15) is 0 Å². The second kappa shape index (κ2) is 7.02. The van der Waals surface area contributed by atoms with Crippen LogP contribution < -0.4 is 5.73 Å². The average molecular weight is 308 g/mol. The van der Waals surface area contributed by atoms with Crippen LogP contribution in [0.3, 0.4) is 0 Å². The first-order chi connectivity index (χ1) is 9.56. The van der Waals surface area contributed by atoms with E-state index >= 15 is 0 Å². The van der Waals surface area contributed by atoms with Crippen LogP contribution in [-0.2, 0) is 16.6 Å². The zero-order valence-corrected chi connectivity index (χ0v) is 13.0. The summed E-state index contributed by atoms with van der Waals surface area (Å²) in [6, 6.07) is 15.3. The van der Waals surface area contributed by atoms with Gasteiger partial charge in [-0.1, -0.05) is 59.6 Å². The summed E-state index contributed by atoms with van der Waals surface area (Å²) in [6.07, 6.45) is 0. The van der Waals surface area contributed by atoms with Gasteiger partial charge in [0.05, 0.1) is 5.75 Å². The van der Waals surface area contributed by atoms with Gasteiger partial charge in [0.25, 0.3) is 0 Å². The molecular formula is C16H18ClNOS. The predicted molar refractivity (Wildman–Crippen MR) is 86.3 cm³/mol. The Balaban J connectivity index is 1.98. The average Bonchev–Trinajstić information content (AvgIpc) is 2.42. The van der Waals surface area contributed by atoms with E-state index in [1.54, 1.807) is 0 Å². The highest BCUT2D eigenvalue weighted by molar-refractivity contribution is 7.84. The summed E-state index contributed by atoms with van der Waals surface area (Å²) in [5, 5.41) is 0.657. The Labute approximate surface area is 127 Å². The topological polar surface area (TPSA) is 43.1 Å². The molecule has 0 saturated heterocycles. The number of hydrogen-bond acceptors (Lipinski definition) is 2. The van der Waals surface area contributed by atoms with E-state index in [9.17, 15) is 4.21 Å². The Hall–Kier alpha value is -1.16. The maximum absolute atomic E-state index is 12.2. The van der Waals surface area contributed by atoms with Gasteiger partial charge < -0.3 is 5.73 Å². The van der Waals surface area contributed by atoms with Crippen LogP contribution in [0.1, 0.15) is 22.7 Å². The maximum Gasteiger partial charge on any atom is 0.0501 e. The Morgan fingerprint density at radius 3 is 2.45 bits per heavy atom. The molecule has 2 unspecified atom stereocenters. The summed E-state index contributed by atoms with van der Waals surface area (Å²) >= 11 is 6.07. The van der Waals surface area contributed by atoms with Crippen molar-refractivity contribution in [3.63, 3.8) is 0 Å². The molecule has 106 valence electrons. The molecule has 0 fully saturated rings. The first kappa shape index (κ1) is 15.2. The molecule has 4 heteroatoms. The van der Waals surface area contributed by atoms with Gasteiger partial charge in [-0.15, -0.1) is 0 Å². The summed E-state index contributed by atoms with van der Waals surface area (Å²) < 4.78 is 12.2. The molecule has 0 bridgehead atoms. The van der Waals surface area contributed by atoms with Crippen molar-refractivity contribution in [2.45, 2.75) is 18.7 Å². The summed E-state index contributed by atoms with van der Waals surface area (Å²) in [4.78, 5) is 0. The Morgan fingerprint density at radius 1 is 1.15 bits per heavy atom. The van der Waals surface area contributed by atoms with E-state index in [2.05, 4.69) is 0 Å². The van der Waals surface area contributed by atoms with E-state index in [1.807, 2.05) is 55.5 Å². The molecule has 0 aliphatic rings. The van der Waals surface area contributed by atoms with Crippen molar-refractivity contribution in [3.05, 3.63) is 70.2 Å². The zero-order chi connectivity index (χ0) is 14.5. The second-order valence-electron chi connectivity index (χ2n) is 4.86. The molecule has 2 rings (SSSR count). The van der Waals surface area contributed by atoms with Crippen molar-refractivity contribution >= 4 is 22.4 Å². The van der Waals surface area contributed by atoms with E-state index in [-0.39, 0.29) is 6.04 Å². The zero-order valence-electron chi connectivity index (χ0n) is 11.4. The van der Waals surface area contributed by atoms with Gasteiger partial charge in [0.15, 0.2) is 0 Å². The minimum Gasteiger partial charge on any atom is -0.323 e. The molecule has 0 amide bonds. The fraction of sp³-hybridized carbons (Fsp3) is 0.250. The molecular weight excluding hydrogens is 290 g/mol. The van der Waals surface area contributed by atoms with Gasteiger partial charge in [-0.25, -0.2) is 0 Å². The molecule has 0 heterocycles. The standard InChI is InChI=1S/C16H18ClNOS/c1-12-6-8-13(9-7-12)16(18)11-20(19)10-14-4-2-3-5-15(14)17/h2-9,16H,10-11,18H2,1H3. The van der Waals surface area contributed by atoms with Crippen molar-refractivity contribution in [1.82, 2.24) is 0 Å². The first-order valence-corrected chi connectivity index (χ1v) is 8.33. The number of aryl methyl sites for hydroxylation is 1. The quantitative estimate of drug-likeness (QED) is 0.917. The van der Waals surface area contributed by atoms with Crippen molar-refractivity contribution in [2.24, 2.45) is 5.73 Å². The lowest BCUT2D eigenvalue weighted by Gasteiger charge is -2.12.